The third kappa shape index (κ3) is 1.98. The molecule has 1 heterocycles. The minimum absolute atomic E-state index is 0.0801. The Kier molecular flexibility index (Phi) is 3.22. The zero-order chi connectivity index (χ0) is 17.4. The van der Waals surface area contributed by atoms with E-state index >= 15 is 0 Å². The van der Waals surface area contributed by atoms with E-state index in [4.69, 9.17) is 4.74 Å². The van der Waals surface area contributed by atoms with Crippen LogP contribution in [0.1, 0.15) is 58.8 Å². The molecule has 0 amide bonds. The highest BCUT2D eigenvalue weighted by Crippen LogP contribution is 2.67. The largest absolute Gasteiger partial charge is 0.451 e. The fourth-order valence-electron chi connectivity index (χ4n) is 7.52. The molecule has 0 aromatic rings. The van der Waals surface area contributed by atoms with Crippen LogP contribution in [-0.4, -0.2) is 17.4 Å². The monoisotopic (exact) mass is 340 g/mol. The predicted octanol–water partition coefficient (Wildman–Crippen LogP) is 4.23. The Morgan fingerprint density at radius 1 is 1.16 bits per heavy atom. The summed E-state index contributed by atoms with van der Waals surface area (Å²) < 4.78 is 5.91. The molecule has 3 fully saturated rings. The van der Waals surface area contributed by atoms with Gasteiger partial charge in [0.25, 0.3) is 0 Å². The number of carbonyl (C=O) groups excluding carboxylic acids is 2. The molecule has 0 aromatic carbocycles. The van der Waals surface area contributed by atoms with Gasteiger partial charge in [-0.3, -0.25) is 4.79 Å². The van der Waals surface area contributed by atoms with E-state index < -0.39 is 0 Å². The summed E-state index contributed by atoms with van der Waals surface area (Å²) in [7, 11) is 0. The van der Waals surface area contributed by atoms with E-state index in [0.717, 1.165) is 38.0 Å². The average Bonchev–Trinajstić information content (AvgIpc) is 3.09. The van der Waals surface area contributed by atoms with Crippen LogP contribution in [-0.2, 0) is 14.3 Å². The molecular formula is C22H28O3. The summed E-state index contributed by atoms with van der Waals surface area (Å²) >= 11 is 0. The number of rotatable bonds is 0. The smallest absolute Gasteiger partial charge is 0.331 e. The minimum Gasteiger partial charge on any atom is -0.451 e. The second-order valence-corrected chi connectivity index (χ2v) is 9.50. The number of allylic oxidation sites excluding steroid dienone is 1. The Morgan fingerprint density at radius 2 is 2.00 bits per heavy atom. The van der Waals surface area contributed by atoms with Crippen molar-refractivity contribution >= 4 is 11.8 Å². The third-order valence-corrected chi connectivity index (χ3v) is 8.60. The number of ether oxygens (including phenoxy) is 1. The summed E-state index contributed by atoms with van der Waals surface area (Å²) in [6.07, 6.45) is 13.1. The van der Waals surface area contributed by atoms with Crippen molar-refractivity contribution in [3.05, 3.63) is 23.8 Å². The second kappa shape index (κ2) is 5.08. The molecule has 0 radical (unpaired) electrons. The van der Waals surface area contributed by atoms with Gasteiger partial charge in [0.1, 0.15) is 5.60 Å². The Labute approximate surface area is 149 Å². The van der Waals surface area contributed by atoms with Crippen molar-refractivity contribution in [3.8, 4) is 0 Å². The van der Waals surface area contributed by atoms with Crippen molar-refractivity contribution in [1.29, 1.82) is 0 Å². The van der Waals surface area contributed by atoms with E-state index in [1.807, 2.05) is 6.08 Å². The summed E-state index contributed by atoms with van der Waals surface area (Å²) in [5.41, 5.74) is 1.17. The summed E-state index contributed by atoms with van der Waals surface area (Å²) in [5.74, 6) is 3.49. The van der Waals surface area contributed by atoms with E-state index in [9.17, 15) is 9.59 Å². The van der Waals surface area contributed by atoms with Crippen molar-refractivity contribution in [2.24, 2.45) is 35.0 Å². The fraction of sp³-hybridized carbons (Fsp3) is 0.727. The maximum Gasteiger partial charge on any atom is 0.331 e. The highest BCUT2D eigenvalue weighted by molar-refractivity contribution is 5.91. The quantitative estimate of drug-likeness (QED) is 0.620. The topological polar surface area (TPSA) is 43.4 Å². The molecule has 0 saturated heterocycles. The maximum atomic E-state index is 11.9. The number of esters is 1. The molecular weight excluding hydrogens is 312 g/mol. The normalized spacial score (nSPS) is 51.0. The first-order chi connectivity index (χ1) is 11.9. The molecule has 5 rings (SSSR count). The van der Waals surface area contributed by atoms with Crippen LogP contribution in [0.4, 0.5) is 0 Å². The molecule has 1 spiro atoms. The number of fused-ring (bicyclic) bond motifs is 6. The molecule has 134 valence electrons. The molecule has 3 heteroatoms. The highest BCUT2D eigenvalue weighted by atomic mass is 16.6. The lowest BCUT2D eigenvalue weighted by molar-refractivity contribution is -0.162. The Balaban J connectivity index is 1.50. The number of hydrogen-bond donors (Lipinski definition) is 0. The van der Waals surface area contributed by atoms with Crippen LogP contribution in [0.2, 0.25) is 0 Å². The number of hydrogen-bond acceptors (Lipinski definition) is 3. The van der Waals surface area contributed by atoms with Crippen LogP contribution >= 0.6 is 0 Å². The zero-order valence-electron chi connectivity index (χ0n) is 15.3. The van der Waals surface area contributed by atoms with Gasteiger partial charge in [-0.15, -0.1) is 0 Å². The number of ketones is 1. The highest BCUT2D eigenvalue weighted by Gasteiger charge is 2.65. The fourth-order valence-corrected chi connectivity index (χ4v) is 7.52. The molecule has 4 unspecified atom stereocenters. The molecule has 7 atom stereocenters. The Hall–Kier alpha value is -1.38. The van der Waals surface area contributed by atoms with E-state index in [1.54, 1.807) is 6.08 Å². The van der Waals surface area contributed by atoms with Crippen LogP contribution in [0, 0.1) is 35.0 Å². The Morgan fingerprint density at radius 3 is 2.76 bits per heavy atom. The van der Waals surface area contributed by atoms with E-state index in [0.29, 0.717) is 29.5 Å². The summed E-state index contributed by atoms with van der Waals surface area (Å²) in [6.45, 7) is 4.77. The van der Waals surface area contributed by atoms with Gasteiger partial charge in [-0.05, 0) is 80.3 Å². The SMILES string of the molecule is CC1CC2=CC(=O)CC[C@@H]2C2CC[C@@]3(C)C(CC[C@@]34C=CC(=O)O4)C12. The number of carbonyl (C=O) groups is 2. The summed E-state index contributed by atoms with van der Waals surface area (Å²) in [4.78, 5) is 23.7. The van der Waals surface area contributed by atoms with Crippen molar-refractivity contribution in [2.75, 3.05) is 0 Å². The minimum atomic E-state index is -0.349. The molecule has 3 saturated carbocycles. The first-order valence-electron chi connectivity index (χ1n) is 10.1. The van der Waals surface area contributed by atoms with Gasteiger partial charge in [-0.1, -0.05) is 19.4 Å². The molecule has 0 N–H and O–H groups in total. The van der Waals surface area contributed by atoms with Crippen molar-refractivity contribution in [2.45, 2.75) is 64.4 Å². The van der Waals surface area contributed by atoms with Crippen molar-refractivity contribution in [3.63, 3.8) is 0 Å². The van der Waals surface area contributed by atoms with Crippen LogP contribution < -0.4 is 0 Å². The third-order valence-electron chi connectivity index (χ3n) is 8.60. The van der Waals surface area contributed by atoms with Crippen LogP contribution in [0.25, 0.3) is 0 Å². The maximum absolute atomic E-state index is 11.9. The van der Waals surface area contributed by atoms with Gasteiger partial charge in [0, 0.05) is 17.9 Å². The lowest BCUT2D eigenvalue weighted by Gasteiger charge is -2.57. The molecule has 25 heavy (non-hydrogen) atoms. The first-order valence-corrected chi connectivity index (χ1v) is 10.1. The summed E-state index contributed by atoms with van der Waals surface area (Å²) in [5, 5.41) is 0. The average molecular weight is 340 g/mol. The van der Waals surface area contributed by atoms with Gasteiger partial charge < -0.3 is 4.74 Å². The Bertz CT molecular complexity index is 704. The van der Waals surface area contributed by atoms with E-state index in [-0.39, 0.29) is 17.0 Å². The van der Waals surface area contributed by atoms with Crippen LogP contribution in [0.3, 0.4) is 0 Å². The van der Waals surface area contributed by atoms with Gasteiger partial charge in [0.15, 0.2) is 5.78 Å². The van der Waals surface area contributed by atoms with Gasteiger partial charge in [-0.25, -0.2) is 4.79 Å². The molecule has 0 bridgehead atoms. The predicted molar refractivity (Wildman–Crippen MR) is 94.6 cm³/mol. The zero-order valence-corrected chi connectivity index (χ0v) is 15.3. The molecule has 3 nitrogen and oxygen atoms in total. The van der Waals surface area contributed by atoms with Crippen molar-refractivity contribution < 1.29 is 14.3 Å². The lowest BCUT2D eigenvalue weighted by atomic mass is 9.48. The summed E-state index contributed by atoms with van der Waals surface area (Å²) in [6, 6.07) is 0. The van der Waals surface area contributed by atoms with E-state index in [2.05, 4.69) is 19.9 Å². The van der Waals surface area contributed by atoms with Gasteiger partial charge in [0.05, 0.1) is 0 Å². The van der Waals surface area contributed by atoms with Crippen LogP contribution in [0.5, 0.6) is 0 Å². The van der Waals surface area contributed by atoms with Gasteiger partial charge in [-0.2, -0.15) is 0 Å². The molecule has 4 aliphatic carbocycles. The van der Waals surface area contributed by atoms with E-state index in [1.165, 1.54) is 18.4 Å². The molecule has 5 aliphatic rings. The van der Waals surface area contributed by atoms with Crippen molar-refractivity contribution in [1.82, 2.24) is 0 Å². The van der Waals surface area contributed by atoms with Gasteiger partial charge >= 0.3 is 5.97 Å². The van der Waals surface area contributed by atoms with Crippen LogP contribution in [0.15, 0.2) is 23.8 Å². The first kappa shape index (κ1) is 15.8. The second-order valence-electron chi connectivity index (χ2n) is 9.50. The molecule has 1 aliphatic heterocycles. The standard InChI is InChI=1S/C22H28O3/c1-13-11-14-12-15(23)3-4-16(14)17-5-8-21(2)18(20(13)17)6-9-22(21)10-7-19(24)25-22/h7,10,12-13,16-18,20H,3-6,8-9,11H2,1-2H3/t13?,16-,17?,18?,20?,21-,22+/m0/s1. The lowest BCUT2D eigenvalue weighted by Crippen LogP contribution is -2.54. The molecule has 0 aromatic heterocycles. The van der Waals surface area contributed by atoms with Gasteiger partial charge in [0.2, 0.25) is 0 Å².